The second kappa shape index (κ2) is 16.0. The number of carbonyl (C=O) groups is 2. The number of anilines is 1. The Labute approximate surface area is 271 Å². The van der Waals surface area contributed by atoms with Crippen LogP contribution >= 0.6 is 11.6 Å². The summed E-state index contributed by atoms with van der Waals surface area (Å²) >= 11 is 6.29. The van der Waals surface area contributed by atoms with Crippen LogP contribution in [0.4, 0.5) is 5.69 Å². The Balaban J connectivity index is 1.60. The maximum atomic E-state index is 14.1. The number of hydrogen-bond donors (Lipinski definition) is 1. The fourth-order valence-corrected chi connectivity index (χ4v) is 6.91. The molecule has 0 bridgehead atoms. The number of amides is 2. The molecule has 0 aliphatic heterocycles. The highest BCUT2D eigenvalue weighted by Crippen LogP contribution is 2.30. The van der Waals surface area contributed by atoms with Gasteiger partial charge in [-0.15, -0.1) is 0 Å². The summed E-state index contributed by atoms with van der Waals surface area (Å²) < 4.78 is 37.4. The molecule has 0 aromatic heterocycles. The molecular formula is C34H42ClN3O6S. The minimum absolute atomic E-state index is 0.0296. The lowest BCUT2D eigenvalue weighted by molar-refractivity contribution is -0.141. The van der Waals surface area contributed by atoms with Gasteiger partial charge in [0.05, 0.1) is 31.2 Å². The minimum atomic E-state index is -3.68. The molecule has 1 fully saturated rings. The van der Waals surface area contributed by atoms with E-state index < -0.39 is 16.1 Å². The van der Waals surface area contributed by atoms with Gasteiger partial charge in [-0.05, 0) is 60.7 Å². The number of benzene rings is 3. The smallest absolute Gasteiger partial charge is 0.243 e. The van der Waals surface area contributed by atoms with Gasteiger partial charge in [0.25, 0.3) is 0 Å². The average molecular weight is 656 g/mol. The van der Waals surface area contributed by atoms with Crippen molar-refractivity contribution in [2.24, 2.45) is 0 Å². The van der Waals surface area contributed by atoms with Gasteiger partial charge in [0.15, 0.2) is 0 Å². The van der Waals surface area contributed by atoms with Crippen molar-refractivity contribution in [1.29, 1.82) is 0 Å². The molecule has 1 N–H and O–H groups in total. The van der Waals surface area contributed by atoms with Crippen LogP contribution in [0.5, 0.6) is 11.5 Å². The zero-order valence-corrected chi connectivity index (χ0v) is 27.6. The Kier molecular flexibility index (Phi) is 12.1. The molecule has 1 saturated carbocycles. The predicted molar refractivity (Wildman–Crippen MR) is 177 cm³/mol. The molecule has 11 heteroatoms. The molecule has 45 heavy (non-hydrogen) atoms. The fraction of sp³-hybridized carbons (Fsp3) is 0.412. The highest BCUT2D eigenvalue weighted by Gasteiger charge is 2.32. The molecule has 1 atom stereocenters. The summed E-state index contributed by atoms with van der Waals surface area (Å²) in [5, 5.41) is 3.48. The molecule has 4 rings (SSSR count). The third-order valence-corrected chi connectivity index (χ3v) is 9.52. The van der Waals surface area contributed by atoms with E-state index in [1.54, 1.807) is 24.1 Å². The van der Waals surface area contributed by atoms with E-state index in [-0.39, 0.29) is 48.8 Å². The number of nitrogens with zero attached hydrogens (tertiary/aromatic N) is 2. The SMILES string of the molecule is COc1cccc(CN(C(=O)CCCN(c2ccc(OC)c(Cl)c2)S(C)(=O)=O)[C@H](Cc2ccccc2)C(=O)NC2CCCC2)c1. The van der Waals surface area contributed by atoms with Gasteiger partial charge in [0.1, 0.15) is 17.5 Å². The molecule has 9 nitrogen and oxygen atoms in total. The number of ether oxygens (including phenoxy) is 2. The first-order chi connectivity index (χ1) is 21.6. The van der Waals surface area contributed by atoms with Crippen molar-refractivity contribution in [1.82, 2.24) is 10.2 Å². The number of hydrogen-bond acceptors (Lipinski definition) is 6. The van der Waals surface area contributed by atoms with Crippen molar-refractivity contribution in [3.05, 3.63) is 88.9 Å². The number of methoxy groups -OCH3 is 2. The van der Waals surface area contributed by atoms with Gasteiger partial charge in [-0.1, -0.05) is 66.9 Å². The third-order valence-electron chi connectivity index (χ3n) is 8.04. The van der Waals surface area contributed by atoms with Crippen LogP contribution in [0.3, 0.4) is 0 Å². The van der Waals surface area contributed by atoms with E-state index in [0.717, 1.165) is 43.1 Å². The first-order valence-electron chi connectivity index (χ1n) is 15.2. The summed E-state index contributed by atoms with van der Waals surface area (Å²) in [5.74, 6) is 0.642. The second-order valence-corrected chi connectivity index (χ2v) is 13.6. The number of sulfonamides is 1. The van der Waals surface area contributed by atoms with Gasteiger partial charge in [-0.3, -0.25) is 13.9 Å². The molecule has 3 aromatic rings. The Morgan fingerprint density at radius 1 is 0.956 bits per heavy atom. The number of carbonyl (C=O) groups excluding carboxylic acids is 2. The summed E-state index contributed by atoms with van der Waals surface area (Å²) in [6, 6.07) is 21.2. The normalized spacial score (nSPS) is 14.0. The highest BCUT2D eigenvalue weighted by molar-refractivity contribution is 7.92. The van der Waals surface area contributed by atoms with Gasteiger partial charge in [-0.2, -0.15) is 0 Å². The van der Waals surface area contributed by atoms with Gasteiger partial charge >= 0.3 is 0 Å². The van der Waals surface area contributed by atoms with Crippen LogP contribution < -0.4 is 19.1 Å². The molecule has 0 saturated heterocycles. The van der Waals surface area contributed by atoms with E-state index in [1.807, 2.05) is 54.6 Å². The minimum Gasteiger partial charge on any atom is -0.497 e. The quantitative estimate of drug-likeness (QED) is 0.229. The molecule has 1 aliphatic carbocycles. The summed E-state index contributed by atoms with van der Waals surface area (Å²) in [6.07, 6.45) is 5.69. The standard InChI is InChI=1S/C34H42ClN3O6S/c1-43-29-16-9-13-26(21-29)24-37(31(22-25-11-5-4-6-12-25)34(40)36-27-14-7-8-15-27)33(39)17-10-20-38(45(3,41)42)28-18-19-32(44-2)30(35)23-28/h4-6,9,11-13,16,18-19,21,23,27,31H,7-8,10,14-15,17,20,22,24H2,1-3H3,(H,36,40)/t31-/m1/s1. The molecule has 0 unspecified atom stereocenters. The Morgan fingerprint density at radius 2 is 1.67 bits per heavy atom. The molecule has 242 valence electrons. The maximum absolute atomic E-state index is 14.1. The van der Waals surface area contributed by atoms with Crippen LogP contribution in [0, 0.1) is 0 Å². The van der Waals surface area contributed by atoms with Crippen molar-refractivity contribution in [3.63, 3.8) is 0 Å². The summed E-state index contributed by atoms with van der Waals surface area (Å²) in [5.41, 5.74) is 2.13. The van der Waals surface area contributed by atoms with Crippen LogP contribution in [0.25, 0.3) is 0 Å². The molecule has 0 radical (unpaired) electrons. The Bertz CT molecular complexity index is 1550. The topological polar surface area (TPSA) is 105 Å². The molecule has 3 aromatic carbocycles. The summed E-state index contributed by atoms with van der Waals surface area (Å²) in [7, 11) is -0.616. The van der Waals surface area contributed by atoms with E-state index >= 15 is 0 Å². The van der Waals surface area contributed by atoms with Crippen molar-refractivity contribution < 1.29 is 27.5 Å². The average Bonchev–Trinajstić information content (AvgIpc) is 3.54. The van der Waals surface area contributed by atoms with E-state index in [9.17, 15) is 18.0 Å². The summed E-state index contributed by atoms with van der Waals surface area (Å²) in [4.78, 5) is 29.6. The zero-order valence-electron chi connectivity index (χ0n) is 26.1. The highest BCUT2D eigenvalue weighted by atomic mass is 35.5. The lowest BCUT2D eigenvalue weighted by Gasteiger charge is -2.33. The third kappa shape index (κ3) is 9.61. The Hall–Kier alpha value is -3.76. The van der Waals surface area contributed by atoms with Crippen LogP contribution in [0.1, 0.15) is 49.7 Å². The van der Waals surface area contributed by atoms with E-state index in [2.05, 4.69) is 5.32 Å². The van der Waals surface area contributed by atoms with Gasteiger partial charge in [0, 0.05) is 32.0 Å². The van der Waals surface area contributed by atoms with E-state index in [4.69, 9.17) is 21.1 Å². The van der Waals surface area contributed by atoms with Crippen molar-refractivity contribution in [3.8, 4) is 11.5 Å². The monoisotopic (exact) mass is 655 g/mol. The predicted octanol–water partition coefficient (Wildman–Crippen LogP) is 5.60. The first kappa shape index (κ1) is 34.1. The van der Waals surface area contributed by atoms with Crippen LogP contribution in [-0.4, -0.2) is 64.2 Å². The largest absolute Gasteiger partial charge is 0.497 e. The van der Waals surface area contributed by atoms with Crippen molar-refractivity contribution in [2.75, 3.05) is 31.3 Å². The number of halogens is 1. The first-order valence-corrected chi connectivity index (χ1v) is 17.4. The van der Waals surface area contributed by atoms with E-state index in [0.29, 0.717) is 23.6 Å². The van der Waals surface area contributed by atoms with Gasteiger partial charge in [0.2, 0.25) is 21.8 Å². The van der Waals surface area contributed by atoms with E-state index in [1.165, 1.54) is 17.5 Å². The summed E-state index contributed by atoms with van der Waals surface area (Å²) in [6.45, 7) is 0.243. The Morgan fingerprint density at radius 3 is 2.31 bits per heavy atom. The van der Waals surface area contributed by atoms with Gasteiger partial charge < -0.3 is 19.7 Å². The lowest BCUT2D eigenvalue weighted by atomic mass is 10.0. The van der Waals surface area contributed by atoms with Gasteiger partial charge in [-0.25, -0.2) is 8.42 Å². The zero-order chi connectivity index (χ0) is 32.4. The van der Waals surface area contributed by atoms with Crippen molar-refractivity contribution in [2.45, 2.75) is 63.6 Å². The van der Waals surface area contributed by atoms with Crippen LogP contribution in [0.2, 0.25) is 5.02 Å². The molecule has 0 spiro atoms. The molecule has 2 amide bonds. The van der Waals surface area contributed by atoms with Crippen LogP contribution in [-0.2, 0) is 32.6 Å². The second-order valence-electron chi connectivity index (χ2n) is 11.3. The number of nitrogens with one attached hydrogen (secondary N) is 1. The molecular weight excluding hydrogens is 614 g/mol. The van der Waals surface area contributed by atoms with Crippen molar-refractivity contribution >= 4 is 39.1 Å². The fourth-order valence-electron chi connectivity index (χ4n) is 5.70. The maximum Gasteiger partial charge on any atom is 0.243 e. The molecule has 1 aliphatic rings. The lowest BCUT2D eigenvalue weighted by Crippen LogP contribution is -2.52. The molecule has 0 heterocycles. The number of rotatable bonds is 15. The van der Waals surface area contributed by atoms with Crippen LogP contribution in [0.15, 0.2) is 72.8 Å².